The number of aliphatic hydroxyl groups excluding tert-OH is 1. The lowest BCUT2D eigenvalue weighted by atomic mass is 10.00. The van der Waals surface area contributed by atoms with Gasteiger partial charge in [-0.05, 0) is 36.4 Å². The van der Waals surface area contributed by atoms with E-state index in [9.17, 15) is 0 Å². The van der Waals surface area contributed by atoms with E-state index in [1.807, 2.05) is 0 Å². The molecule has 0 amide bonds. The molecule has 0 spiro atoms. The summed E-state index contributed by atoms with van der Waals surface area (Å²) in [4.78, 5) is 2.55. The molecule has 2 nitrogen and oxygen atoms in total. The summed E-state index contributed by atoms with van der Waals surface area (Å²) in [5.74, 6) is 0.714. The third-order valence-electron chi connectivity index (χ3n) is 4.54. The van der Waals surface area contributed by atoms with Gasteiger partial charge in [0, 0.05) is 19.7 Å². The molecule has 0 fully saturated rings. The molecule has 130 valence electrons. The lowest BCUT2D eigenvalue weighted by molar-refractivity contribution is 0.231. The van der Waals surface area contributed by atoms with Crippen LogP contribution in [-0.2, 0) is 13.1 Å². The van der Waals surface area contributed by atoms with Crippen LogP contribution >= 0.6 is 0 Å². The van der Waals surface area contributed by atoms with Crippen LogP contribution in [0.5, 0.6) is 0 Å². The van der Waals surface area contributed by atoms with E-state index in [1.54, 1.807) is 0 Å². The second-order valence-electron chi connectivity index (χ2n) is 6.80. The predicted molar refractivity (Wildman–Crippen MR) is 102 cm³/mol. The Bertz CT molecular complexity index is 499. The van der Waals surface area contributed by atoms with Crippen molar-refractivity contribution in [2.45, 2.75) is 45.7 Å². The number of hydrogen-bond donors (Lipinski definition) is 1. The average molecular weight is 325 g/mol. The van der Waals surface area contributed by atoms with Gasteiger partial charge in [-0.3, -0.25) is 4.90 Å². The second-order valence-corrected chi connectivity index (χ2v) is 6.80. The average Bonchev–Trinajstić information content (AvgIpc) is 2.62. The van der Waals surface area contributed by atoms with Crippen LogP contribution in [-0.4, -0.2) is 23.2 Å². The maximum absolute atomic E-state index is 8.92. The Labute approximate surface area is 147 Å². The Hall–Kier alpha value is -1.64. The first-order valence-electron chi connectivity index (χ1n) is 9.19. The molecule has 0 unspecified atom stereocenters. The van der Waals surface area contributed by atoms with Crippen LogP contribution in [0.1, 0.15) is 43.7 Å². The zero-order valence-corrected chi connectivity index (χ0v) is 14.9. The van der Waals surface area contributed by atoms with Crippen LogP contribution in [0.2, 0.25) is 0 Å². The molecular weight excluding hydrogens is 294 g/mol. The molecule has 0 saturated carbocycles. The van der Waals surface area contributed by atoms with Crippen LogP contribution in [0.3, 0.4) is 0 Å². The number of nitrogens with zero attached hydrogens (tertiary/aromatic N) is 1. The second kappa shape index (κ2) is 11.0. The standard InChI is InChI=1S/C22H31NO/c1-20(10-8-9-17-24)15-16-23(18-21-11-4-2-5-12-21)19-22-13-6-3-7-14-22/h2-7,11-14,20,24H,8-10,15-19H2,1H3/t20-/m0/s1. The number of benzene rings is 2. The largest absolute Gasteiger partial charge is 0.396 e. The van der Waals surface area contributed by atoms with Crippen molar-refractivity contribution in [2.24, 2.45) is 5.92 Å². The molecular formula is C22H31NO. The molecule has 0 aliphatic rings. The van der Waals surface area contributed by atoms with Crippen molar-refractivity contribution in [3.05, 3.63) is 71.8 Å². The monoisotopic (exact) mass is 325 g/mol. The lowest BCUT2D eigenvalue weighted by Gasteiger charge is -2.24. The number of rotatable bonds is 11. The van der Waals surface area contributed by atoms with Gasteiger partial charge in [-0.1, -0.05) is 80.4 Å². The van der Waals surface area contributed by atoms with Crippen LogP contribution in [0.25, 0.3) is 0 Å². The SMILES string of the molecule is C[C@@H](CCCCO)CCN(Cc1ccccc1)Cc1ccccc1. The summed E-state index contributed by atoms with van der Waals surface area (Å²) in [5, 5.41) is 8.92. The van der Waals surface area contributed by atoms with Gasteiger partial charge in [-0.25, -0.2) is 0 Å². The molecule has 2 aromatic carbocycles. The maximum atomic E-state index is 8.92. The first kappa shape index (κ1) is 18.7. The maximum Gasteiger partial charge on any atom is 0.0431 e. The quantitative estimate of drug-likeness (QED) is 0.595. The minimum atomic E-state index is 0.320. The minimum Gasteiger partial charge on any atom is -0.396 e. The van der Waals surface area contributed by atoms with Crippen molar-refractivity contribution in [2.75, 3.05) is 13.2 Å². The highest BCUT2D eigenvalue weighted by Gasteiger charge is 2.10. The van der Waals surface area contributed by atoms with Crippen molar-refractivity contribution in [1.29, 1.82) is 0 Å². The summed E-state index contributed by atoms with van der Waals surface area (Å²) in [5.41, 5.74) is 2.75. The summed E-state index contributed by atoms with van der Waals surface area (Å²) in [7, 11) is 0. The lowest BCUT2D eigenvalue weighted by Crippen LogP contribution is -2.25. The van der Waals surface area contributed by atoms with Crippen molar-refractivity contribution >= 4 is 0 Å². The molecule has 1 N–H and O–H groups in total. The molecule has 2 rings (SSSR count). The first-order chi connectivity index (χ1) is 11.8. The van der Waals surface area contributed by atoms with Crippen LogP contribution < -0.4 is 0 Å². The summed E-state index contributed by atoms with van der Waals surface area (Å²) >= 11 is 0. The normalized spacial score (nSPS) is 12.5. The molecule has 0 bridgehead atoms. The smallest absolute Gasteiger partial charge is 0.0431 e. The van der Waals surface area contributed by atoms with Gasteiger partial charge in [0.2, 0.25) is 0 Å². The van der Waals surface area contributed by atoms with Crippen molar-refractivity contribution in [3.8, 4) is 0 Å². The number of aliphatic hydroxyl groups is 1. The molecule has 0 aliphatic carbocycles. The minimum absolute atomic E-state index is 0.320. The van der Waals surface area contributed by atoms with Gasteiger partial charge < -0.3 is 5.11 Å². The van der Waals surface area contributed by atoms with Crippen molar-refractivity contribution < 1.29 is 5.11 Å². The highest BCUT2D eigenvalue weighted by molar-refractivity contribution is 5.17. The van der Waals surface area contributed by atoms with Gasteiger partial charge in [0.05, 0.1) is 0 Å². The van der Waals surface area contributed by atoms with Gasteiger partial charge in [0.1, 0.15) is 0 Å². The van der Waals surface area contributed by atoms with Crippen molar-refractivity contribution in [3.63, 3.8) is 0 Å². The molecule has 0 aliphatic heterocycles. The van der Waals surface area contributed by atoms with Crippen molar-refractivity contribution in [1.82, 2.24) is 4.90 Å². The van der Waals surface area contributed by atoms with E-state index >= 15 is 0 Å². The molecule has 0 saturated heterocycles. The zero-order valence-electron chi connectivity index (χ0n) is 14.9. The highest BCUT2D eigenvalue weighted by atomic mass is 16.2. The van der Waals surface area contributed by atoms with E-state index in [0.717, 1.165) is 32.5 Å². The van der Waals surface area contributed by atoms with E-state index in [0.29, 0.717) is 12.5 Å². The summed E-state index contributed by atoms with van der Waals surface area (Å²) in [6.45, 7) is 5.77. The fourth-order valence-corrected chi connectivity index (χ4v) is 3.05. The molecule has 24 heavy (non-hydrogen) atoms. The molecule has 1 atom stereocenters. The number of hydrogen-bond acceptors (Lipinski definition) is 2. The van der Waals surface area contributed by atoms with E-state index in [4.69, 9.17) is 5.11 Å². The molecule has 0 heterocycles. The van der Waals surface area contributed by atoms with Crippen LogP contribution in [0.4, 0.5) is 0 Å². The summed E-state index contributed by atoms with van der Waals surface area (Å²) in [6, 6.07) is 21.5. The van der Waals surface area contributed by atoms with Gasteiger partial charge >= 0.3 is 0 Å². The van der Waals surface area contributed by atoms with Crippen LogP contribution in [0, 0.1) is 5.92 Å². The Morgan fingerprint density at radius 1 is 0.792 bits per heavy atom. The number of unbranched alkanes of at least 4 members (excludes halogenated alkanes) is 1. The fourth-order valence-electron chi connectivity index (χ4n) is 3.05. The summed E-state index contributed by atoms with van der Waals surface area (Å²) in [6.07, 6.45) is 4.49. The zero-order chi connectivity index (χ0) is 17.0. The van der Waals surface area contributed by atoms with E-state index in [1.165, 1.54) is 24.0 Å². The molecule has 2 heteroatoms. The Balaban J connectivity index is 1.89. The molecule has 0 aromatic heterocycles. The van der Waals surface area contributed by atoms with Gasteiger partial charge in [-0.2, -0.15) is 0 Å². The van der Waals surface area contributed by atoms with Gasteiger partial charge in [0.15, 0.2) is 0 Å². The fraction of sp³-hybridized carbons (Fsp3) is 0.455. The Kier molecular flexibility index (Phi) is 8.58. The third-order valence-corrected chi connectivity index (χ3v) is 4.54. The predicted octanol–water partition coefficient (Wildman–Crippen LogP) is 4.88. The molecule has 2 aromatic rings. The summed E-state index contributed by atoms with van der Waals surface area (Å²) < 4.78 is 0. The topological polar surface area (TPSA) is 23.5 Å². The van der Waals surface area contributed by atoms with E-state index < -0.39 is 0 Å². The van der Waals surface area contributed by atoms with Crippen LogP contribution in [0.15, 0.2) is 60.7 Å². The van der Waals surface area contributed by atoms with E-state index in [-0.39, 0.29) is 0 Å². The molecule has 0 radical (unpaired) electrons. The highest BCUT2D eigenvalue weighted by Crippen LogP contribution is 2.16. The van der Waals surface area contributed by atoms with Gasteiger partial charge in [-0.15, -0.1) is 0 Å². The Morgan fingerprint density at radius 2 is 1.33 bits per heavy atom. The van der Waals surface area contributed by atoms with Gasteiger partial charge in [0.25, 0.3) is 0 Å². The third kappa shape index (κ3) is 7.29. The van der Waals surface area contributed by atoms with E-state index in [2.05, 4.69) is 72.5 Å². The first-order valence-corrected chi connectivity index (χ1v) is 9.19. The Morgan fingerprint density at radius 3 is 1.83 bits per heavy atom.